The highest BCUT2D eigenvalue weighted by Crippen LogP contribution is 2.18. The number of rotatable bonds is 6. The van der Waals surface area contributed by atoms with E-state index in [2.05, 4.69) is 19.9 Å². The van der Waals surface area contributed by atoms with Crippen LogP contribution in [0.1, 0.15) is 45.3 Å². The van der Waals surface area contributed by atoms with Gasteiger partial charge in [0.2, 0.25) is 0 Å². The van der Waals surface area contributed by atoms with Crippen molar-refractivity contribution in [2.45, 2.75) is 46.0 Å². The van der Waals surface area contributed by atoms with Gasteiger partial charge in [-0.05, 0) is 18.1 Å². The van der Waals surface area contributed by atoms with Crippen LogP contribution in [0.15, 0.2) is 22.8 Å². The summed E-state index contributed by atoms with van der Waals surface area (Å²) in [5.74, 6) is 1.95. The summed E-state index contributed by atoms with van der Waals surface area (Å²) in [6.45, 7) is 4.52. The van der Waals surface area contributed by atoms with Gasteiger partial charge in [0.15, 0.2) is 0 Å². The zero-order valence-electron chi connectivity index (χ0n) is 8.75. The Hall–Kier alpha value is -0.720. The molecule has 0 fully saturated rings. The van der Waals surface area contributed by atoms with E-state index in [-0.39, 0.29) is 0 Å². The molecule has 13 heavy (non-hydrogen) atoms. The monoisotopic (exact) mass is 180 g/mol. The molecule has 0 spiro atoms. The quantitative estimate of drug-likeness (QED) is 0.644. The van der Waals surface area contributed by atoms with Gasteiger partial charge < -0.3 is 4.42 Å². The molecule has 74 valence electrons. The molecule has 0 aromatic carbocycles. The van der Waals surface area contributed by atoms with Crippen LogP contribution >= 0.6 is 0 Å². The molecule has 0 aliphatic heterocycles. The third kappa shape index (κ3) is 3.67. The molecular formula is C12H20O. The zero-order chi connectivity index (χ0) is 9.52. The highest BCUT2D eigenvalue weighted by molar-refractivity contribution is 4.99. The van der Waals surface area contributed by atoms with Crippen LogP contribution in [-0.4, -0.2) is 0 Å². The highest BCUT2D eigenvalue weighted by atomic mass is 16.3. The van der Waals surface area contributed by atoms with E-state index in [9.17, 15) is 0 Å². The molecule has 0 saturated heterocycles. The lowest BCUT2D eigenvalue weighted by Gasteiger charge is -2.11. The van der Waals surface area contributed by atoms with Crippen molar-refractivity contribution < 1.29 is 4.42 Å². The minimum absolute atomic E-state index is 0.811. The Bertz CT molecular complexity index is 201. The van der Waals surface area contributed by atoms with Crippen molar-refractivity contribution in [2.24, 2.45) is 5.92 Å². The Morgan fingerprint density at radius 1 is 1.38 bits per heavy atom. The molecule has 1 heterocycles. The predicted molar refractivity (Wildman–Crippen MR) is 55.7 cm³/mol. The fourth-order valence-electron chi connectivity index (χ4n) is 1.66. The van der Waals surface area contributed by atoms with E-state index in [1.165, 1.54) is 25.7 Å². The molecule has 1 nitrogen and oxygen atoms in total. The van der Waals surface area contributed by atoms with Crippen molar-refractivity contribution in [2.75, 3.05) is 0 Å². The van der Waals surface area contributed by atoms with Crippen LogP contribution < -0.4 is 0 Å². The van der Waals surface area contributed by atoms with Gasteiger partial charge in [-0.15, -0.1) is 0 Å². The van der Waals surface area contributed by atoms with Crippen molar-refractivity contribution >= 4 is 0 Å². The van der Waals surface area contributed by atoms with Crippen molar-refractivity contribution in [1.29, 1.82) is 0 Å². The van der Waals surface area contributed by atoms with Gasteiger partial charge in [-0.3, -0.25) is 0 Å². The summed E-state index contributed by atoms with van der Waals surface area (Å²) in [5.41, 5.74) is 0. The summed E-state index contributed by atoms with van der Waals surface area (Å²) in [7, 11) is 0. The molecule has 1 heteroatoms. The number of hydrogen-bond acceptors (Lipinski definition) is 1. The van der Waals surface area contributed by atoms with E-state index in [0.29, 0.717) is 0 Å². The normalized spacial score (nSPS) is 13.1. The maximum atomic E-state index is 5.35. The van der Waals surface area contributed by atoms with Crippen LogP contribution in [0.3, 0.4) is 0 Å². The first-order chi connectivity index (χ1) is 6.36. The lowest BCUT2D eigenvalue weighted by Crippen LogP contribution is -2.02. The summed E-state index contributed by atoms with van der Waals surface area (Å²) < 4.78 is 5.35. The average Bonchev–Trinajstić information content (AvgIpc) is 2.64. The molecule has 0 radical (unpaired) electrons. The highest BCUT2D eigenvalue weighted by Gasteiger charge is 2.08. The third-order valence-corrected chi connectivity index (χ3v) is 2.61. The average molecular weight is 180 g/mol. The van der Waals surface area contributed by atoms with Crippen molar-refractivity contribution in [1.82, 2.24) is 0 Å². The lowest BCUT2D eigenvalue weighted by molar-refractivity contribution is 0.399. The molecule has 1 aromatic rings. The van der Waals surface area contributed by atoms with E-state index in [1.807, 2.05) is 6.07 Å². The second-order valence-electron chi connectivity index (χ2n) is 3.70. The van der Waals surface area contributed by atoms with Gasteiger partial charge in [0.05, 0.1) is 6.26 Å². The Balaban J connectivity index is 2.31. The maximum absolute atomic E-state index is 5.35. The molecule has 1 rings (SSSR count). The summed E-state index contributed by atoms with van der Waals surface area (Å²) >= 11 is 0. The summed E-state index contributed by atoms with van der Waals surface area (Å²) in [6.07, 6.45) is 8.13. The van der Waals surface area contributed by atoms with Gasteiger partial charge in [-0.2, -0.15) is 0 Å². The van der Waals surface area contributed by atoms with Crippen molar-refractivity contribution in [3.05, 3.63) is 24.2 Å². The fraction of sp³-hybridized carbons (Fsp3) is 0.667. The topological polar surface area (TPSA) is 13.1 Å². The summed E-state index contributed by atoms with van der Waals surface area (Å²) in [6, 6.07) is 4.05. The van der Waals surface area contributed by atoms with Crippen LogP contribution in [0.4, 0.5) is 0 Å². The second kappa shape index (κ2) is 5.85. The molecule has 0 amide bonds. The van der Waals surface area contributed by atoms with E-state index in [4.69, 9.17) is 4.42 Å². The molecule has 1 unspecified atom stereocenters. The molecule has 1 atom stereocenters. The van der Waals surface area contributed by atoms with Gasteiger partial charge >= 0.3 is 0 Å². The van der Waals surface area contributed by atoms with Crippen LogP contribution in [0.5, 0.6) is 0 Å². The SMILES string of the molecule is CCCCC(CC)Cc1ccco1. The maximum Gasteiger partial charge on any atom is 0.104 e. The Morgan fingerprint density at radius 2 is 2.23 bits per heavy atom. The molecule has 0 saturated carbocycles. The van der Waals surface area contributed by atoms with Crippen LogP contribution in [-0.2, 0) is 6.42 Å². The first kappa shape index (κ1) is 10.4. The molecule has 0 aliphatic rings. The Labute approximate surface area is 81.1 Å². The van der Waals surface area contributed by atoms with Gasteiger partial charge in [-0.25, -0.2) is 0 Å². The van der Waals surface area contributed by atoms with Crippen LogP contribution in [0.2, 0.25) is 0 Å². The van der Waals surface area contributed by atoms with Gasteiger partial charge in [0, 0.05) is 6.42 Å². The van der Waals surface area contributed by atoms with Crippen molar-refractivity contribution in [3.8, 4) is 0 Å². The van der Waals surface area contributed by atoms with Crippen LogP contribution in [0.25, 0.3) is 0 Å². The zero-order valence-corrected chi connectivity index (χ0v) is 8.75. The first-order valence-corrected chi connectivity index (χ1v) is 5.39. The summed E-state index contributed by atoms with van der Waals surface area (Å²) in [4.78, 5) is 0. The van der Waals surface area contributed by atoms with E-state index in [1.54, 1.807) is 6.26 Å². The van der Waals surface area contributed by atoms with Crippen LogP contribution in [0, 0.1) is 5.92 Å². The Kier molecular flexibility index (Phi) is 4.66. The lowest BCUT2D eigenvalue weighted by atomic mass is 9.95. The van der Waals surface area contributed by atoms with E-state index < -0.39 is 0 Å². The molecule has 1 aromatic heterocycles. The smallest absolute Gasteiger partial charge is 0.104 e. The van der Waals surface area contributed by atoms with E-state index in [0.717, 1.165) is 18.1 Å². The second-order valence-corrected chi connectivity index (χ2v) is 3.70. The number of furan rings is 1. The van der Waals surface area contributed by atoms with Gasteiger partial charge in [-0.1, -0.05) is 39.5 Å². The molecule has 0 bridgehead atoms. The first-order valence-electron chi connectivity index (χ1n) is 5.39. The molecular weight excluding hydrogens is 160 g/mol. The largest absolute Gasteiger partial charge is 0.469 e. The third-order valence-electron chi connectivity index (χ3n) is 2.61. The predicted octanol–water partition coefficient (Wildman–Crippen LogP) is 4.04. The van der Waals surface area contributed by atoms with Crippen molar-refractivity contribution in [3.63, 3.8) is 0 Å². The number of unbranched alkanes of at least 4 members (excludes halogenated alkanes) is 1. The van der Waals surface area contributed by atoms with E-state index >= 15 is 0 Å². The molecule has 0 aliphatic carbocycles. The Morgan fingerprint density at radius 3 is 2.77 bits per heavy atom. The van der Waals surface area contributed by atoms with Gasteiger partial charge in [0.1, 0.15) is 5.76 Å². The molecule has 0 N–H and O–H groups in total. The minimum atomic E-state index is 0.811. The number of hydrogen-bond donors (Lipinski definition) is 0. The van der Waals surface area contributed by atoms with Gasteiger partial charge in [0.25, 0.3) is 0 Å². The standard InChI is InChI=1S/C12H20O/c1-3-5-7-11(4-2)10-12-8-6-9-13-12/h6,8-9,11H,3-5,7,10H2,1-2H3. The fourth-order valence-corrected chi connectivity index (χ4v) is 1.66. The summed E-state index contributed by atoms with van der Waals surface area (Å²) in [5, 5.41) is 0. The minimum Gasteiger partial charge on any atom is -0.469 e.